The molecule has 3 heteroatoms. The molecule has 1 fully saturated rings. The monoisotopic (exact) mass is 207 g/mol. The van der Waals surface area contributed by atoms with Gasteiger partial charge in [0.2, 0.25) is 0 Å². The van der Waals surface area contributed by atoms with Crippen molar-refractivity contribution in [2.24, 2.45) is 5.73 Å². The summed E-state index contributed by atoms with van der Waals surface area (Å²) in [6, 6.07) is 5.35. The van der Waals surface area contributed by atoms with Crippen LogP contribution in [-0.4, -0.2) is 17.1 Å². The maximum atomic E-state index is 5.32. The van der Waals surface area contributed by atoms with Crippen molar-refractivity contribution >= 4 is 0 Å². The second-order valence-corrected chi connectivity index (χ2v) is 4.11. The second-order valence-electron chi connectivity index (χ2n) is 4.11. The predicted octanol–water partition coefficient (Wildman–Crippen LogP) is 1.69. The van der Waals surface area contributed by atoms with Crippen LogP contribution in [0.4, 0.5) is 0 Å². The van der Waals surface area contributed by atoms with Crippen molar-refractivity contribution in [1.82, 2.24) is 10.3 Å². The molecule has 2 unspecified atom stereocenters. The quantitative estimate of drug-likeness (QED) is 0.736. The van der Waals surface area contributed by atoms with E-state index in [2.05, 4.69) is 24.1 Å². The van der Waals surface area contributed by atoms with Gasteiger partial charge in [-0.3, -0.25) is 4.98 Å². The standard InChI is InChI=1S/C6H8N2.C6H13N/c7-5-6-1-3-8-4-2-6;1-5-3-4-6(2)7-5/h1-4H,5,7H2;5-7H,3-4H2,1-2H3. The molecule has 0 spiro atoms. The molecule has 1 aromatic heterocycles. The Kier molecular flexibility index (Phi) is 5.29. The van der Waals surface area contributed by atoms with E-state index in [1.54, 1.807) is 12.4 Å². The van der Waals surface area contributed by atoms with Crippen LogP contribution in [0, 0.1) is 0 Å². The molecule has 3 N–H and O–H groups in total. The van der Waals surface area contributed by atoms with Gasteiger partial charge in [0.05, 0.1) is 0 Å². The number of rotatable bonds is 1. The third kappa shape index (κ3) is 4.91. The summed E-state index contributed by atoms with van der Waals surface area (Å²) in [5, 5.41) is 3.42. The summed E-state index contributed by atoms with van der Waals surface area (Å²) >= 11 is 0. The molecule has 84 valence electrons. The Morgan fingerprint density at radius 2 is 1.80 bits per heavy atom. The Morgan fingerprint density at radius 3 is 2.07 bits per heavy atom. The lowest BCUT2D eigenvalue weighted by molar-refractivity contribution is 0.596. The molecule has 15 heavy (non-hydrogen) atoms. The first-order chi connectivity index (χ1) is 7.22. The summed E-state index contributed by atoms with van der Waals surface area (Å²) in [4.78, 5) is 3.84. The maximum absolute atomic E-state index is 5.32. The normalized spacial score (nSPS) is 24.5. The highest BCUT2D eigenvalue weighted by atomic mass is 15.0. The minimum absolute atomic E-state index is 0.600. The van der Waals surface area contributed by atoms with Crippen LogP contribution in [0.1, 0.15) is 32.3 Å². The Bertz CT molecular complexity index is 253. The third-order valence-electron chi connectivity index (χ3n) is 2.59. The molecule has 3 nitrogen and oxygen atoms in total. The van der Waals surface area contributed by atoms with E-state index in [-0.39, 0.29) is 0 Å². The number of nitrogens with one attached hydrogen (secondary N) is 1. The number of nitrogens with zero attached hydrogens (tertiary/aromatic N) is 1. The fraction of sp³-hybridized carbons (Fsp3) is 0.583. The first-order valence-corrected chi connectivity index (χ1v) is 5.57. The summed E-state index contributed by atoms with van der Waals surface area (Å²) in [6.07, 6.45) is 6.20. The molecule has 1 aliphatic rings. The molecule has 0 aromatic carbocycles. The van der Waals surface area contributed by atoms with Crippen molar-refractivity contribution in [2.75, 3.05) is 0 Å². The molecular weight excluding hydrogens is 186 g/mol. The smallest absolute Gasteiger partial charge is 0.0271 e. The van der Waals surface area contributed by atoms with Gasteiger partial charge in [-0.2, -0.15) is 0 Å². The zero-order valence-corrected chi connectivity index (χ0v) is 9.61. The highest BCUT2D eigenvalue weighted by molar-refractivity contribution is 5.08. The first kappa shape index (κ1) is 12.1. The highest BCUT2D eigenvalue weighted by Gasteiger charge is 2.14. The van der Waals surface area contributed by atoms with Gasteiger partial charge in [-0.15, -0.1) is 0 Å². The largest absolute Gasteiger partial charge is 0.326 e. The Hall–Kier alpha value is -0.930. The second kappa shape index (κ2) is 6.53. The van der Waals surface area contributed by atoms with E-state index in [4.69, 9.17) is 5.73 Å². The van der Waals surface area contributed by atoms with E-state index < -0.39 is 0 Å². The highest BCUT2D eigenvalue weighted by Crippen LogP contribution is 2.09. The van der Waals surface area contributed by atoms with E-state index in [1.807, 2.05) is 12.1 Å². The van der Waals surface area contributed by atoms with Gasteiger partial charge in [0.15, 0.2) is 0 Å². The number of pyridine rings is 1. The molecule has 2 rings (SSSR count). The van der Waals surface area contributed by atoms with Crippen LogP contribution in [0.2, 0.25) is 0 Å². The number of hydrogen-bond acceptors (Lipinski definition) is 3. The van der Waals surface area contributed by atoms with Gasteiger partial charge >= 0.3 is 0 Å². The van der Waals surface area contributed by atoms with E-state index in [0.29, 0.717) is 6.54 Å². The average molecular weight is 207 g/mol. The zero-order valence-electron chi connectivity index (χ0n) is 9.61. The van der Waals surface area contributed by atoms with Crippen LogP contribution >= 0.6 is 0 Å². The van der Waals surface area contributed by atoms with Gasteiger partial charge in [-0.05, 0) is 44.4 Å². The molecule has 1 aliphatic heterocycles. The lowest BCUT2D eigenvalue weighted by Crippen LogP contribution is -2.23. The lowest BCUT2D eigenvalue weighted by Gasteiger charge is -2.01. The zero-order chi connectivity index (χ0) is 11.1. The molecule has 0 radical (unpaired) electrons. The Labute approximate surface area is 92.1 Å². The number of hydrogen-bond donors (Lipinski definition) is 2. The minimum Gasteiger partial charge on any atom is -0.326 e. The van der Waals surface area contributed by atoms with Gasteiger partial charge in [0.1, 0.15) is 0 Å². The summed E-state index contributed by atoms with van der Waals surface area (Å²) in [6.45, 7) is 5.08. The molecule has 0 aliphatic carbocycles. The third-order valence-corrected chi connectivity index (χ3v) is 2.59. The van der Waals surface area contributed by atoms with Crippen molar-refractivity contribution in [2.45, 2.75) is 45.3 Å². The topological polar surface area (TPSA) is 50.9 Å². The predicted molar refractivity (Wildman–Crippen MR) is 63.4 cm³/mol. The molecule has 0 saturated carbocycles. The molecular formula is C12H21N3. The summed E-state index contributed by atoms with van der Waals surface area (Å²) in [7, 11) is 0. The maximum Gasteiger partial charge on any atom is 0.0271 e. The van der Waals surface area contributed by atoms with Gasteiger partial charge in [0.25, 0.3) is 0 Å². The van der Waals surface area contributed by atoms with Crippen molar-refractivity contribution < 1.29 is 0 Å². The summed E-state index contributed by atoms with van der Waals surface area (Å²) < 4.78 is 0. The van der Waals surface area contributed by atoms with Gasteiger partial charge in [-0.25, -0.2) is 0 Å². The summed E-state index contributed by atoms with van der Waals surface area (Å²) in [5.74, 6) is 0. The first-order valence-electron chi connectivity index (χ1n) is 5.57. The molecule has 0 amide bonds. The van der Waals surface area contributed by atoms with Gasteiger partial charge in [0, 0.05) is 31.0 Å². The Balaban J connectivity index is 0.000000151. The van der Waals surface area contributed by atoms with Crippen molar-refractivity contribution in [3.05, 3.63) is 30.1 Å². The van der Waals surface area contributed by atoms with Gasteiger partial charge < -0.3 is 11.1 Å². The van der Waals surface area contributed by atoms with Crippen LogP contribution in [0.15, 0.2) is 24.5 Å². The van der Waals surface area contributed by atoms with Crippen molar-refractivity contribution in [1.29, 1.82) is 0 Å². The van der Waals surface area contributed by atoms with Crippen molar-refractivity contribution in [3.8, 4) is 0 Å². The fourth-order valence-electron chi connectivity index (χ4n) is 1.67. The van der Waals surface area contributed by atoms with Crippen molar-refractivity contribution in [3.63, 3.8) is 0 Å². The minimum atomic E-state index is 0.600. The molecule has 1 aromatic rings. The van der Waals surface area contributed by atoms with Crippen LogP contribution in [0.5, 0.6) is 0 Å². The summed E-state index contributed by atoms with van der Waals surface area (Å²) in [5.41, 5.74) is 6.45. The lowest BCUT2D eigenvalue weighted by atomic mass is 10.2. The number of aromatic nitrogens is 1. The molecule has 2 heterocycles. The van der Waals surface area contributed by atoms with Crippen LogP contribution in [0.25, 0.3) is 0 Å². The fourth-order valence-corrected chi connectivity index (χ4v) is 1.67. The van der Waals surface area contributed by atoms with Crippen LogP contribution in [0.3, 0.4) is 0 Å². The molecule has 2 atom stereocenters. The van der Waals surface area contributed by atoms with E-state index in [1.165, 1.54) is 12.8 Å². The number of nitrogens with two attached hydrogens (primary N) is 1. The van der Waals surface area contributed by atoms with E-state index >= 15 is 0 Å². The van der Waals surface area contributed by atoms with E-state index in [0.717, 1.165) is 17.6 Å². The average Bonchev–Trinajstić information content (AvgIpc) is 2.65. The van der Waals surface area contributed by atoms with E-state index in [9.17, 15) is 0 Å². The molecule has 1 saturated heterocycles. The van der Waals surface area contributed by atoms with Crippen LogP contribution < -0.4 is 11.1 Å². The van der Waals surface area contributed by atoms with Gasteiger partial charge in [-0.1, -0.05) is 0 Å². The SMILES string of the molecule is CC1CCC(C)N1.NCc1ccncc1. The molecule has 0 bridgehead atoms. The van der Waals surface area contributed by atoms with Crippen LogP contribution in [-0.2, 0) is 6.54 Å². The Morgan fingerprint density at radius 1 is 1.27 bits per heavy atom.